The molecule has 0 spiro atoms. The lowest BCUT2D eigenvalue weighted by Crippen LogP contribution is -2.29. The Morgan fingerprint density at radius 3 is 3.00 bits per heavy atom. The minimum Gasteiger partial charge on any atom is -0.309 e. The van der Waals surface area contributed by atoms with Crippen molar-refractivity contribution < 1.29 is 0 Å². The summed E-state index contributed by atoms with van der Waals surface area (Å²) in [5.74, 6) is 0.655. The van der Waals surface area contributed by atoms with E-state index in [1.165, 1.54) is 12.8 Å². The summed E-state index contributed by atoms with van der Waals surface area (Å²) in [6, 6.07) is 5.11. The molecule has 3 rings (SSSR count). The van der Waals surface area contributed by atoms with Gasteiger partial charge in [0.2, 0.25) is 0 Å². The average Bonchev–Trinajstić information content (AvgIpc) is 3.05. The highest BCUT2D eigenvalue weighted by atomic mass is 35.5. The Labute approximate surface area is 109 Å². The van der Waals surface area contributed by atoms with Gasteiger partial charge in [-0.2, -0.15) is 0 Å². The summed E-state index contributed by atoms with van der Waals surface area (Å²) in [5.41, 5.74) is 0.750. The fraction of sp³-hybridized carbons (Fsp3) is 0.385. The van der Waals surface area contributed by atoms with E-state index in [2.05, 4.69) is 22.2 Å². The Kier molecular flexibility index (Phi) is 2.64. The first-order chi connectivity index (χ1) is 8.56. The topological polar surface area (TPSA) is 57.8 Å². The highest BCUT2D eigenvalue weighted by molar-refractivity contribution is 6.31. The predicted molar refractivity (Wildman–Crippen MR) is 71.9 cm³/mol. The van der Waals surface area contributed by atoms with Gasteiger partial charge in [0.05, 0.1) is 17.4 Å². The van der Waals surface area contributed by atoms with Gasteiger partial charge in [0.15, 0.2) is 0 Å². The molecule has 5 heteroatoms. The smallest absolute Gasteiger partial charge is 0.258 e. The van der Waals surface area contributed by atoms with Crippen LogP contribution in [-0.2, 0) is 6.54 Å². The summed E-state index contributed by atoms with van der Waals surface area (Å²) < 4.78 is 0. The number of halogens is 1. The first-order valence-corrected chi connectivity index (χ1v) is 6.37. The van der Waals surface area contributed by atoms with Gasteiger partial charge in [-0.15, -0.1) is 0 Å². The van der Waals surface area contributed by atoms with E-state index in [0.29, 0.717) is 28.3 Å². The molecule has 0 unspecified atom stereocenters. The van der Waals surface area contributed by atoms with Crippen LogP contribution in [0.1, 0.15) is 25.6 Å². The number of benzene rings is 1. The minimum atomic E-state index is -0.116. The number of H-pyrrole nitrogens is 1. The third kappa shape index (κ3) is 2.26. The van der Waals surface area contributed by atoms with E-state index in [0.717, 1.165) is 0 Å². The Morgan fingerprint density at radius 1 is 1.50 bits per heavy atom. The van der Waals surface area contributed by atoms with Crippen molar-refractivity contribution in [2.24, 2.45) is 0 Å². The van der Waals surface area contributed by atoms with Gasteiger partial charge in [0.25, 0.3) is 5.56 Å². The minimum absolute atomic E-state index is 0.116. The average molecular weight is 264 g/mol. The van der Waals surface area contributed by atoms with E-state index in [1.54, 1.807) is 18.2 Å². The Morgan fingerprint density at radius 2 is 2.28 bits per heavy atom. The molecule has 0 radical (unpaired) electrons. The second-order valence-electron chi connectivity index (χ2n) is 5.09. The van der Waals surface area contributed by atoms with Crippen molar-refractivity contribution in [2.75, 3.05) is 0 Å². The van der Waals surface area contributed by atoms with Gasteiger partial charge in [-0.05, 0) is 38.0 Å². The molecule has 1 aromatic carbocycles. The molecule has 1 aromatic heterocycles. The number of hydrogen-bond acceptors (Lipinski definition) is 3. The normalized spacial score (nSPS) is 17.0. The molecule has 2 N–H and O–H groups in total. The van der Waals surface area contributed by atoms with Gasteiger partial charge in [-0.1, -0.05) is 11.6 Å². The Balaban J connectivity index is 1.95. The first kappa shape index (κ1) is 11.7. The van der Waals surface area contributed by atoms with Crippen molar-refractivity contribution >= 4 is 22.5 Å². The lowest BCUT2D eigenvalue weighted by molar-refractivity contribution is 0.525. The molecule has 1 heterocycles. The van der Waals surface area contributed by atoms with Crippen molar-refractivity contribution in [3.05, 3.63) is 39.4 Å². The van der Waals surface area contributed by atoms with Crippen molar-refractivity contribution in [1.29, 1.82) is 0 Å². The molecular formula is C13H14ClN3O. The molecule has 1 aliphatic carbocycles. The Hall–Kier alpha value is -1.39. The van der Waals surface area contributed by atoms with Crippen molar-refractivity contribution in [3.8, 4) is 0 Å². The zero-order valence-corrected chi connectivity index (χ0v) is 10.8. The van der Waals surface area contributed by atoms with Crippen molar-refractivity contribution in [1.82, 2.24) is 15.3 Å². The zero-order chi connectivity index (χ0) is 12.8. The van der Waals surface area contributed by atoms with Gasteiger partial charge in [0, 0.05) is 10.6 Å². The van der Waals surface area contributed by atoms with Crippen LogP contribution in [0.4, 0.5) is 0 Å². The van der Waals surface area contributed by atoms with Crippen LogP contribution < -0.4 is 10.9 Å². The second-order valence-corrected chi connectivity index (χ2v) is 5.52. The maximum absolute atomic E-state index is 11.9. The highest BCUT2D eigenvalue weighted by Gasteiger charge is 2.36. The van der Waals surface area contributed by atoms with Crippen molar-refractivity contribution in [2.45, 2.75) is 31.8 Å². The van der Waals surface area contributed by atoms with Crippen LogP contribution in [0, 0.1) is 0 Å². The number of aromatic amines is 1. The number of aromatic nitrogens is 2. The summed E-state index contributed by atoms with van der Waals surface area (Å²) in [5, 5.41) is 4.55. The van der Waals surface area contributed by atoms with E-state index in [4.69, 9.17) is 11.6 Å². The summed E-state index contributed by atoms with van der Waals surface area (Å²) >= 11 is 5.92. The molecule has 1 saturated carbocycles. The number of hydrogen-bond donors (Lipinski definition) is 2. The van der Waals surface area contributed by atoms with E-state index in [-0.39, 0.29) is 11.1 Å². The first-order valence-electron chi connectivity index (χ1n) is 5.99. The maximum atomic E-state index is 11.9. The molecule has 4 nitrogen and oxygen atoms in total. The summed E-state index contributed by atoms with van der Waals surface area (Å²) in [6.45, 7) is 2.75. The standard InChI is InChI=1S/C13H14ClN3O/c1-13(4-5-13)15-7-11-16-10-6-8(14)2-3-9(10)12(18)17-11/h2-3,6,15H,4-5,7H2,1H3,(H,16,17,18). The second kappa shape index (κ2) is 4.07. The molecular weight excluding hydrogens is 250 g/mol. The van der Waals surface area contributed by atoms with Crippen LogP contribution in [0.2, 0.25) is 5.02 Å². The molecule has 94 valence electrons. The Bertz CT molecular complexity index is 661. The van der Waals surface area contributed by atoms with Crippen LogP contribution in [0.5, 0.6) is 0 Å². The van der Waals surface area contributed by atoms with Gasteiger partial charge >= 0.3 is 0 Å². The van der Waals surface area contributed by atoms with Gasteiger partial charge in [-0.25, -0.2) is 4.98 Å². The number of nitrogens with zero attached hydrogens (tertiary/aromatic N) is 1. The molecule has 1 aliphatic rings. The number of fused-ring (bicyclic) bond motifs is 1. The maximum Gasteiger partial charge on any atom is 0.258 e. The number of nitrogens with one attached hydrogen (secondary N) is 2. The molecule has 1 fully saturated rings. The summed E-state index contributed by atoms with van der Waals surface area (Å²) in [4.78, 5) is 19.1. The van der Waals surface area contributed by atoms with Gasteiger partial charge < -0.3 is 10.3 Å². The van der Waals surface area contributed by atoms with Crippen molar-refractivity contribution in [3.63, 3.8) is 0 Å². The molecule has 0 atom stereocenters. The quantitative estimate of drug-likeness (QED) is 0.893. The zero-order valence-electron chi connectivity index (χ0n) is 10.1. The van der Waals surface area contributed by atoms with Gasteiger partial charge in [-0.3, -0.25) is 4.79 Å². The lowest BCUT2D eigenvalue weighted by Gasteiger charge is -2.10. The van der Waals surface area contributed by atoms with Crippen LogP contribution in [0.25, 0.3) is 10.9 Å². The molecule has 0 bridgehead atoms. The summed E-state index contributed by atoms with van der Waals surface area (Å²) in [7, 11) is 0. The van der Waals surface area contributed by atoms with E-state index in [1.807, 2.05) is 0 Å². The molecule has 2 aromatic rings. The lowest BCUT2D eigenvalue weighted by atomic mass is 10.2. The van der Waals surface area contributed by atoms with Gasteiger partial charge in [0.1, 0.15) is 5.82 Å². The highest BCUT2D eigenvalue weighted by Crippen LogP contribution is 2.34. The predicted octanol–water partition coefficient (Wildman–Crippen LogP) is 2.22. The van der Waals surface area contributed by atoms with Crippen LogP contribution in [0.15, 0.2) is 23.0 Å². The van der Waals surface area contributed by atoms with Crippen LogP contribution >= 0.6 is 11.6 Å². The van der Waals surface area contributed by atoms with Crippen LogP contribution in [-0.4, -0.2) is 15.5 Å². The molecule has 0 aliphatic heterocycles. The number of rotatable bonds is 3. The monoisotopic (exact) mass is 263 g/mol. The summed E-state index contributed by atoms with van der Waals surface area (Å²) in [6.07, 6.45) is 2.35. The van der Waals surface area contributed by atoms with E-state index < -0.39 is 0 Å². The van der Waals surface area contributed by atoms with E-state index in [9.17, 15) is 4.79 Å². The molecule has 18 heavy (non-hydrogen) atoms. The third-order valence-electron chi connectivity index (χ3n) is 3.40. The third-order valence-corrected chi connectivity index (χ3v) is 3.64. The van der Waals surface area contributed by atoms with E-state index >= 15 is 0 Å². The molecule has 0 saturated heterocycles. The van der Waals surface area contributed by atoms with Crippen LogP contribution in [0.3, 0.4) is 0 Å². The molecule has 0 amide bonds. The fourth-order valence-corrected chi connectivity index (χ4v) is 2.07. The SMILES string of the molecule is CC1(NCc2nc3cc(Cl)ccc3c(=O)[nH]2)CC1. The largest absolute Gasteiger partial charge is 0.309 e. The fourth-order valence-electron chi connectivity index (χ4n) is 1.91.